The lowest BCUT2D eigenvalue weighted by Crippen LogP contribution is -1.96. The van der Waals surface area contributed by atoms with E-state index < -0.39 is 0 Å². The minimum absolute atomic E-state index is 0.737. The van der Waals surface area contributed by atoms with E-state index in [2.05, 4.69) is 46.4 Å². The second kappa shape index (κ2) is 5.23. The molecule has 2 aromatic carbocycles. The van der Waals surface area contributed by atoms with Crippen LogP contribution in [0.2, 0.25) is 0 Å². The molecular weight excluding hydrogens is 276 g/mol. The van der Waals surface area contributed by atoms with Crippen LogP contribution < -0.4 is 11.1 Å². The van der Waals surface area contributed by atoms with E-state index in [4.69, 9.17) is 5.73 Å². The molecule has 0 atom stereocenters. The standard InChI is InChI=1S/C14H15BrN2/c1-2-10-4-3-5-12(8-10)17-14-7-6-11(15)9-13(14)16/h3-9,17H,2,16H2,1H3. The second-order valence-corrected chi connectivity index (χ2v) is 4.83. The molecule has 0 saturated carbocycles. The summed E-state index contributed by atoms with van der Waals surface area (Å²) in [5, 5.41) is 3.33. The first-order chi connectivity index (χ1) is 8.19. The summed E-state index contributed by atoms with van der Waals surface area (Å²) < 4.78 is 0.989. The molecule has 2 rings (SSSR count). The van der Waals surface area contributed by atoms with E-state index >= 15 is 0 Å². The number of hydrogen-bond acceptors (Lipinski definition) is 2. The Labute approximate surface area is 110 Å². The van der Waals surface area contributed by atoms with E-state index in [0.717, 1.165) is 28.0 Å². The minimum atomic E-state index is 0.737. The molecule has 0 amide bonds. The highest BCUT2D eigenvalue weighted by atomic mass is 79.9. The Kier molecular flexibility index (Phi) is 3.69. The average molecular weight is 291 g/mol. The zero-order valence-corrected chi connectivity index (χ0v) is 11.3. The lowest BCUT2D eigenvalue weighted by molar-refractivity contribution is 1.14. The maximum Gasteiger partial charge on any atom is 0.0618 e. The Morgan fingerprint density at radius 1 is 1.18 bits per heavy atom. The number of hydrogen-bond donors (Lipinski definition) is 2. The largest absolute Gasteiger partial charge is 0.397 e. The van der Waals surface area contributed by atoms with Crippen LogP contribution in [0.1, 0.15) is 12.5 Å². The Balaban J connectivity index is 2.25. The third-order valence-electron chi connectivity index (χ3n) is 2.63. The SMILES string of the molecule is CCc1cccc(Nc2ccc(Br)cc2N)c1. The zero-order chi connectivity index (χ0) is 12.3. The van der Waals surface area contributed by atoms with Crippen molar-refractivity contribution < 1.29 is 0 Å². The first kappa shape index (κ1) is 12.0. The van der Waals surface area contributed by atoms with Gasteiger partial charge in [0.15, 0.2) is 0 Å². The van der Waals surface area contributed by atoms with Crippen LogP contribution in [-0.2, 0) is 6.42 Å². The van der Waals surface area contributed by atoms with Gasteiger partial charge in [-0.05, 0) is 42.3 Å². The fourth-order valence-corrected chi connectivity index (χ4v) is 2.05. The van der Waals surface area contributed by atoms with Crippen molar-refractivity contribution >= 4 is 33.0 Å². The molecule has 3 N–H and O–H groups in total. The van der Waals surface area contributed by atoms with Crippen molar-refractivity contribution in [2.45, 2.75) is 13.3 Å². The molecule has 0 aliphatic heterocycles. The predicted octanol–water partition coefficient (Wildman–Crippen LogP) is 4.34. The number of nitrogens with two attached hydrogens (primary N) is 1. The van der Waals surface area contributed by atoms with Gasteiger partial charge in [-0.25, -0.2) is 0 Å². The van der Waals surface area contributed by atoms with Crippen LogP contribution in [0.25, 0.3) is 0 Å². The number of rotatable bonds is 3. The predicted molar refractivity (Wildman–Crippen MR) is 77.7 cm³/mol. The summed E-state index contributed by atoms with van der Waals surface area (Å²) in [7, 11) is 0. The molecule has 0 bridgehead atoms. The molecule has 2 aromatic rings. The molecular formula is C14H15BrN2. The van der Waals surface area contributed by atoms with E-state index in [0.29, 0.717) is 0 Å². The molecule has 17 heavy (non-hydrogen) atoms. The summed E-state index contributed by atoms with van der Waals surface area (Å²) in [5.74, 6) is 0. The van der Waals surface area contributed by atoms with Gasteiger partial charge < -0.3 is 11.1 Å². The average Bonchev–Trinajstić information content (AvgIpc) is 2.33. The van der Waals surface area contributed by atoms with Gasteiger partial charge in [0.1, 0.15) is 0 Å². The molecule has 0 aromatic heterocycles. The molecule has 0 fully saturated rings. The van der Waals surface area contributed by atoms with E-state index in [1.54, 1.807) is 0 Å². The van der Waals surface area contributed by atoms with Crippen LogP contribution in [0.3, 0.4) is 0 Å². The Morgan fingerprint density at radius 3 is 2.71 bits per heavy atom. The van der Waals surface area contributed by atoms with Crippen molar-refractivity contribution in [1.29, 1.82) is 0 Å². The lowest BCUT2D eigenvalue weighted by atomic mass is 10.1. The fourth-order valence-electron chi connectivity index (χ4n) is 1.67. The molecule has 0 spiro atoms. The number of nitrogen functional groups attached to an aromatic ring is 1. The van der Waals surface area contributed by atoms with Crippen LogP contribution in [0.15, 0.2) is 46.9 Å². The third kappa shape index (κ3) is 3.01. The van der Waals surface area contributed by atoms with Crippen LogP contribution in [-0.4, -0.2) is 0 Å². The highest BCUT2D eigenvalue weighted by Gasteiger charge is 2.00. The van der Waals surface area contributed by atoms with Crippen molar-refractivity contribution in [3.05, 3.63) is 52.5 Å². The van der Waals surface area contributed by atoms with Gasteiger partial charge in [-0.1, -0.05) is 35.0 Å². The molecule has 0 unspecified atom stereocenters. The van der Waals surface area contributed by atoms with Crippen molar-refractivity contribution in [3.63, 3.8) is 0 Å². The maximum absolute atomic E-state index is 5.95. The monoisotopic (exact) mass is 290 g/mol. The van der Waals surface area contributed by atoms with Crippen LogP contribution >= 0.6 is 15.9 Å². The molecule has 0 radical (unpaired) electrons. The first-order valence-electron chi connectivity index (χ1n) is 5.60. The smallest absolute Gasteiger partial charge is 0.0618 e. The quantitative estimate of drug-likeness (QED) is 0.826. The Bertz CT molecular complexity index is 523. The Hall–Kier alpha value is -1.48. The molecule has 2 nitrogen and oxygen atoms in total. The molecule has 0 aliphatic carbocycles. The van der Waals surface area contributed by atoms with Crippen molar-refractivity contribution in [2.75, 3.05) is 11.1 Å². The van der Waals surface area contributed by atoms with Gasteiger partial charge in [-0.15, -0.1) is 0 Å². The first-order valence-corrected chi connectivity index (χ1v) is 6.39. The van der Waals surface area contributed by atoms with Crippen molar-refractivity contribution in [2.24, 2.45) is 0 Å². The molecule has 3 heteroatoms. The number of anilines is 3. The molecule has 0 saturated heterocycles. The van der Waals surface area contributed by atoms with E-state index in [-0.39, 0.29) is 0 Å². The summed E-state index contributed by atoms with van der Waals surface area (Å²) in [4.78, 5) is 0. The highest BCUT2D eigenvalue weighted by molar-refractivity contribution is 9.10. The van der Waals surface area contributed by atoms with E-state index in [9.17, 15) is 0 Å². The normalized spacial score (nSPS) is 10.2. The number of halogens is 1. The van der Waals surface area contributed by atoms with E-state index in [1.807, 2.05) is 24.3 Å². The summed E-state index contributed by atoms with van der Waals surface area (Å²) in [5.41, 5.74) is 10.00. The van der Waals surface area contributed by atoms with Crippen LogP contribution in [0, 0.1) is 0 Å². The van der Waals surface area contributed by atoms with E-state index in [1.165, 1.54) is 5.56 Å². The molecule has 88 valence electrons. The van der Waals surface area contributed by atoms with Crippen molar-refractivity contribution in [1.82, 2.24) is 0 Å². The molecule has 0 aliphatic rings. The van der Waals surface area contributed by atoms with Gasteiger partial charge in [0, 0.05) is 10.2 Å². The summed E-state index contributed by atoms with van der Waals surface area (Å²) in [6.45, 7) is 2.15. The Morgan fingerprint density at radius 2 is 2.00 bits per heavy atom. The number of benzene rings is 2. The number of nitrogens with one attached hydrogen (secondary N) is 1. The van der Waals surface area contributed by atoms with Crippen LogP contribution in [0.4, 0.5) is 17.1 Å². The zero-order valence-electron chi connectivity index (χ0n) is 9.70. The highest BCUT2D eigenvalue weighted by Crippen LogP contribution is 2.26. The van der Waals surface area contributed by atoms with Gasteiger partial charge in [0.05, 0.1) is 11.4 Å². The second-order valence-electron chi connectivity index (χ2n) is 3.91. The van der Waals surface area contributed by atoms with Crippen molar-refractivity contribution in [3.8, 4) is 0 Å². The summed E-state index contributed by atoms with van der Waals surface area (Å²) >= 11 is 3.40. The van der Waals surface area contributed by atoms with Gasteiger partial charge in [-0.3, -0.25) is 0 Å². The van der Waals surface area contributed by atoms with Crippen LogP contribution in [0.5, 0.6) is 0 Å². The summed E-state index contributed by atoms with van der Waals surface area (Å²) in [6, 6.07) is 14.2. The lowest BCUT2D eigenvalue weighted by Gasteiger charge is -2.10. The van der Waals surface area contributed by atoms with Gasteiger partial charge in [0.2, 0.25) is 0 Å². The third-order valence-corrected chi connectivity index (χ3v) is 3.12. The summed E-state index contributed by atoms with van der Waals surface area (Å²) in [6.07, 6.45) is 1.03. The van der Waals surface area contributed by atoms with Gasteiger partial charge >= 0.3 is 0 Å². The van der Waals surface area contributed by atoms with Gasteiger partial charge in [0.25, 0.3) is 0 Å². The number of aryl methyl sites for hydroxylation is 1. The van der Waals surface area contributed by atoms with Gasteiger partial charge in [-0.2, -0.15) is 0 Å². The maximum atomic E-state index is 5.95. The fraction of sp³-hybridized carbons (Fsp3) is 0.143. The minimum Gasteiger partial charge on any atom is -0.397 e. The topological polar surface area (TPSA) is 38.0 Å². The molecule has 0 heterocycles.